The van der Waals surface area contributed by atoms with Crippen molar-refractivity contribution >= 4 is 22.6 Å². The first kappa shape index (κ1) is 14.1. The maximum atomic E-state index is 12.0. The molecule has 2 rings (SSSR count). The van der Waals surface area contributed by atoms with E-state index in [2.05, 4.69) is 10.4 Å². The molecule has 6 heteroatoms. The lowest BCUT2D eigenvalue weighted by atomic mass is 10.3. The van der Waals surface area contributed by atoms with Gasteiger partial charge in [0.2, 0.25) is 5.89 Å². The number of carbonyl (C=O) groups is 1. The first-order valence-corrected chi connectivity index (χ1v) is 6.28. The van der Waals surface area contributed by atoms with Gasteiger partial charge in [-0.25, -0.2) is 14.8 Å². The first-order valence-electron chi connectivity index (χ1n) is 6.28. The molecular weight excluding hydrogens is 258 g/mol. The van der Waals surface area contributed by atoms with Crippen molar-refractivity contribution in [2.75, 3.05) is 20.7 Å². The second kappa shape index (κ2) is 6.21. The average Bonchev–Trinajstić information content (AvgIpc) is 2.82. The van der Waals surface area contributed by atoms with Crippen LogP contribution in [-0.2, 0) is 9.53 Å². The number of hydrogen-bond donors (Lipinski definition) is 1. The van der Waals surface area contributed by atoms with E-state index < -0.39 is 5.97 Å². The third-order valence-corrected chi connectivity index (χ3v) is 2.49. The van der Waals surface area contributed by atoms with E-state index in [1.165, 1.54) is 6.20 Å². The van der Waals surface area contributed by atoms with Crippen molar-refractivity contribution in [2.45, 2.75) is 6.92 Å². The number of rotatable bonds is 5. The number of para-hydroxylation sites is 2. The molecule has 106 valence electrons. The molecule has 0 atom stereocenters. The van der Waals surface area contributed by atoms with Gasteiger partial charge in [-0.2, -0.15) is 0 Å². The minimum absolute atomic E-state index is 0.235. The van der Waals surface area contributed by atoms with Crippen LogP contribution in [0.4, 0.5) is 0 Å². The number of hydrogen-bond acceptors (Lipinski definition) is 6. The van der Waals surface area contributed by atoms with Gasteiger partial charge in [0, 0.05) is 20.3 Å². The summed E-state index contributed by atoms with van der Waals surface area (Å²) in [6, 6.07) is 7.34. The van der Waals surface area contributed by atoms with Crippen LogP contribution in [0, 0.1) is 0 Å². The van der Waals surface area contributed by atoms with E-state index in [-0.39, 0.29) is 11.5 Å². The molecule has 0 amide bonds. The molecule has 0 fully saturated rings. The summed E-state index contributed by atoms with van der Waals surface area (Å²) in [5.41, 5.74) is 4.47. The zero-order valence-electron chi connectivity index (χ0n) is 11.7. The third kappa shape index (κ3) is 3.16. The van der Waals surface area contributed by atoms with Crippen LogP contribution < -0.4 is 5.43 Å². The van der Waals surface area contributed by atoms with E-state index in [9.17, 15) is 4.79 Å². The standard InChI is InChI=1S/C14H17N3O3/c1-4-19-14(18)10(9-15-17(2)3)13-16-11-7-5-6-8-12(11)20-13/h5-9,15H,4H2,1-3H3/b10-9+. The zero-order chi connectivity index (χ0) is 14.5. The number of esters is 1. The summed E-state index contributed by atoms with van der Waals surface area (Å²) in [6.07, 6.45) is 1.52. The molecule has 0 saturated heterocycles. The molecule has 0 radical (unpaired) electrons. The summed E-state index contributed by atoms with van der Waals surface area (Å²) in [7, 11) is 3.62. The number of fused-ring (bicyclic) bond motifs is 1. The zero-order valence-corrected chi connectivity index (χ0v) is 11.7. The Bertz CT molecular complexity index is 598. The minimum atomic E-state index is -0.478. The Kier molecular flexibility index (Phi) is 4.37. The van der Waals surface area contributed by atoms with Crippen LogP contribution >= 0.6 is 0 Å². The smallest absolute Gasteiger partial charge is 0.345 e. The average molecular weight is 275 g/mol. The Labute approximate surface area is 117 Å². The molecular formula is C14H17N3O3. The number of oxazole rings is 1. The summed E-state index contributed by atoms with van der Waals surface area (Å²) in [6.45, 7) is 2.04. The van der Waals surface area contributed by atoms with Gasteiger partial charge in [-0.05, 0) is 19.1 Å². The monoisotopic (exact) mass is 275 g/mol. The van der Waals surface area contributed by atoms with Crippen LogP contribution in [0.1, 0.15) is 12.8 Å². The van der Waals surface area contributed by atoms with Crippen molar-refractivity contribution in [3.8, 4) is 0 Å². The molecule has 2 aromatic rings. The van der Waals surface area contributed by atoms with Crippen molar-refractivity contribution < 1.29 is 13.9 Å². The van der Waals surface area contributed by atoms with Crippen molar-refractivity contribution in [1.29, 1.82) is 0 Å². The second-order valence-corrected chi connectivity index (χ2v) is 4.29. The topological polar surface area (TPSA) is 67.6 Å². The predicted molar refractivity (Wildman–Crippen MR) is 75.4 cm³/mol. The van der Waals surface area contributed by atoms with E-state index in [1.54, 1.807) is 18.0 Å². The van der Waals surface area contributed by atoms with Crippen molar-refractivity contribution in [3.63, 3.8) is 0 Å². The minimum Gasteiger partial charge on any atom is -0.462 e. The fourth-order valence-electron chi connectivity index (χ4n) is 1.60. The van der Waals surface area contributed by atoms with Gasteiger partial charge in [0.1, 0.15) is 11.1 Å². The van der Waals surface area contributed by atoms with Gasteiger partial charge < -0.3 is 14.6 Å². The number of nitrogens with one attached hydrogen (secondary N) is 1. The third-order valence-electron chi connectivity index (χ3n) is 2.49. The molecule has 0 bridgehead atoms. The molecule has 0 aliphatic heterocycles. The predicted octanol–water partition coefficient (Wildman–Crippen LogP) is 1.80. The summed E-state index contributed by atoms with van der Waals surface area (Å²) >= 11 is 0. The number of nitrogens with zero attached hydrogens (tertiary/aromatic N) is 2. The quantitative estimate of drug-likeness (QED) is 0.510. The van der Waals surface area contributed by atoms with Crippen LogP contribution in [0.25, 0.3) is 16.7 Å². The van der Waals surface area contributed by atoms with Gasteiger partial charge in [-0.1, -0.05) is 12.1 Å². The Balaban J connectivity index is 2.39. The van der Waals surface area contributed by atoms with Gasteiger partial charge in [0.05, 0.1) is 6.61 Å². The van der Waals surface area contributed by atoms with Crippen LogP contribution in [0.5, 0.6) is 0 Å². The van der Waals surface area contributed by atoms with Crippen LogP contribution in [0.15, 0.2) is 34.9 Å². The molecule has 0 aliphatic rings. The van der Waals surface area contributed by atoms with Gasteiger partial charge in [0.15, 0.2) is 5.58 Å². The lowest BCUT2D eigenvalue weighted by Gasteiger charge is -2.10. The highest BCUT2D eigenvalue weighted by Crippen LogP contribution is 2.21. The number of hydrazine groups is 1. The highest BCUT2D eigenvalue weighted by Gasteiger charge is 2.19. The normalized spacial score (nSPS) is 11.9. The SMILES string of the molecule is CCOC(=O)/C(=C/NN(C)C)c1nc2ccccc2o1. The fraction of sp³-hybridized carbons (Fsp3) is 0.286. The second-order valence-electron chi connectivity index (χ2n) is 4.29. The van der Waals surface area contributed by atoms with Gasteiger partial charge in [0.25, 0.3) is 0 Å². The molecule has 6 nitrogen and oxygen atoms in total. The molecule has 1 N–H and O–H groups in total. The molecule has 1 aromatic heterocycles. The molecule has 20 heavy (non-hydrogen) atoms. The Morgan fingerprint density at radius 2 is 2.20 bits per heavy atom. The molecule has 0 spiro atoms. The van der Waals surface area contributed by atoms with Gasteiger partial charge >= 0.3 is 5.97 Å². The van der Waals surface area contributed by atoms with Gasteiger partial charge in [-0.3, -0.25) is 0 Å². The first-order chi connectivity index (χ1) is 9.61. The van der Waals surface area contributed by atoms with Crippen LogP contribution in [-0.4, -0.2) is 36.7 Å². The lowest BCUT2D eigenvalue weighted by Crippen LogP contribution is -2.26. The van der Waals surface area contributed by atoms with E-state index in [0.29, 0.717) is 17.7 Å². The fourth-order valence-corrected chi connectivity index (χ4v) is 1.60. The summed E-state index contributed by atoms with van der Waals surface area (Å²) in [5, 5.41) is 1.70. The Morgan fingerprint density at radius 1 is 1.45 bits per heavy atom. The van der Waals surface area contributed by atoms with Crippen LogP contribution in [0.2, 0.25) is 0 Å². The Hall–Kier alpha value is -2.34. The van der Waals surface area contributed by atoms with Crippen molar-refractivity contribution in [3.05, 3.63) is 36.4 Å². The summed E-state index contributed by atoms with van der Waals surface area (Å²) in [5.74, 6) is -0.243. The molecule has 0 saturated carbocycles. The van der Waals surface area contributed by atoms with Crippen molar-refractivity contribution in [2.24, 2.45) is 0 Å². The number of benzene rings is 1. The van der Waals surface area contributed by atoms with E-state index in [4.69, 9.17) is 9.15 Å². The highest BCUT2D eigenvalue weighted by atomic mass is 16.5. The summed E-state index contributed by atoms with van der Waals surface area (Å²) in [4.78, 5) is 16.3. The van der Waals surface area contributed by atoms with Gasteiger partial charge in [-0.15, -0.1) is 0 Å². The molecule has 1 heterocycles. The number of carbonyl (C=O) groups excluding carboxylic acids is 1. The van der Waals surface area contributed by atoms with Crippen molar-refractivity contribution in [1.82, 2.24) is 15.4 Å². The van der Waals surface area contributed by atoms with E-state index in [1.807, 2.05) is 32.3 Å². The largest absolute Gasteiger partial charge is 0.462 e. The summed E-state index contributed by atoms with van der Waals surface area (Å²) < 4.78 is 10.6. The van der Waals surface area contributed by atoms with E-state index >= 15 is 0 Å². The lowest BCUT2D eigenvalue weighted by molar-refractivity contribution is -0.136. The Morgan fingerprint density at radius 3 is 2.85 bits per heavy atom. The molecule has 0 unspecified atom stereocenters. The number of aromatic nitrogens is 1. The maximum absolute atomic E-state index is 12.0. The highest BCUT2D eigenvalue weighted by molar-refractivity contribution is 6.15. The van der Waals surface area contributed by atoms with E-state index in [0.717, 1.165) is 0 Å². The number of ether oxygens (including phenoxy) is 1. The molecule has 0 aliphatic carbocycles. The maximum Gasteiger partial charge on any atom is 0.345 e. The van der Waals surface area contributed by atoms with Crippen LogP contribution in [0.3, 0.4) is 0 Å². The molecule has 1 aromatic carbocycles.